The Kier molecular flexibility index (Phi) is 5.89. The van der Waals surface area contributed by atoms with Crippen LogP contribution in [0.2, 0.25) is 5.02 Å². The summed E-state index contributed by atoms with van der Waals surface area (Å²) in [6, 6.07) is 10.9. The Morgan fingerprint density at radius 3 is 2.75 bits per heavy atom. The van der Waals surface area contributed by atoms with Gasteiger partial charge in [-0.05, 0) is 42.7 Å². The van der Waals surface area contributed by atoms with Gasteiger partial charge in [0.25, 0.3) is 5.91 Å². The Balaban J connectivity index is 1.35. The zero-order chi connectivity index (χ0) is 22.1. The number of allylic oxidation sites excluding steroid dienone is 1. The summed E-state index contributed by atoms with van der Waals surface area (Å²) in [6.07, 6.45) is 6.30. The average molecular weight is 468 g/mol. The first-order valence-electron chi connectivity index (χ1n) is 10.5. The largest absolute Gasteiger partial charge is 0.467 e. The van der Waals surface area contributed by atoms with E-state index in [1.54, 1.807) is 6.26 Å². The van der Waals surface area contributed by atoms with Gasteiger partial charge in [-0.15, -0.1) is 16.8 Å². The quantitative estimate of drug-likeness (QED) is 0.342. The molecular weight excluding hydrogens is 446 g/mol. The van der Waals surface area contributed by atoms with Gasteiger partial charge in [-0.1, -0.05) is 41.6 Å². The number of aromatic nitrogens is 3. The molecule has 1 aromatic carbocycles. The lowest BCUT2D eigenvalue weighted by atomic mass is 10.0. The maximum atomic E-state index is 13.2. The predicted molar refractivity (Wildman–Crippen MR) is 124 cm³/mol. The number of hydrogen-bond donors (Lipinski definition) is 0. The molecule has 0 N–H and O–H groups in total. The molecule has 32 heavy (non-hydrogen) atoms. The second-order valence-electron chi connectivity index (χ2n) is 7.83. The van der Waals surface area contributed by atoms with Gasteiger partial charge in [0.1, 0.15) is 17.6 Å². The standard InChI is InChI=1S/C23H22ClN5O2S/c1-2-11-28-22(16-5-6-16)25-26-23(28)32-14-21(30)29-19(20-4-3-12-31-20)13-18(27-29)15-7-9-17(24)10-8-15/h2-4,7-10,12,16,19H,1,5-6,11,13-14H2. The van der Waals surface area contributed by atoms with Crippen molar-refractivity contribution in [3.8, 4) is 0 Å². The summed E-state index contributed by atoms with van der Waals surface area (Å²) in [5.41, 5.74) is 1.76. The minimum atomic E-state index is -0.281. The Labute approximate surface area is 195 Å². The van der Waals surface area contributed by atoms with Crippen LogP contribution in [-0.2, 0) is 11.3 Å². The van der Waals surface area contributed by atoms with Crippen LogP contribution in [0.3, 0.4) is 0 Å². The molecule has 0 radical (unpaired) electrons. The highest BCUT2D eigenvalue weighted by atomic mass is 35.5. The molecule has 1 unspecified atom stereocenters. The van der Waals surface area contributed by atoms with E-state index in [4.69, 9.17) is 16.0 Å². The second kappa shape index (κ2) is 8.96. The number of halogens is 1. The van der Waals surface area contributed by atoms with E-state index in [0.717, 1.165) is 35.1 Å². The Bertz CT molecular complexity index is 1150. The number of amides is 1. The predicted octanol–water partition coefficient (Wildman–Crippen LogP) is 5.06. The van der Waals surface area contributed by atoms with Gasteiger partial charge in [-0.2, -0.15) is 5.10 Å². The molecule has 3 aromatic rings. The first-order valence-corrected chi connectivity index (χ1v) is 11.9. The van der Waals surface area contributed by atoms with Crippen LogP contribution in [0.1, 0.15) is 48.4 Å². The molecule has 2 aliphatic rings. The normalized spacial score (nSPS) is 18.1. The van der Waals surface area contributed by atoms with E-state index in [2.05, 4.69) is 26.4 Å². The maximum Gasteiger partial charge on any atom is 0.253 e. The lowest BCUT2D eigenvalue weighted by Crippen LogP contribution is -2.28. The van der Waals surface area contributed by atoms with Crippen molar-refractivity contribution >= 4 is 35.0 Å². The summed E-state index contributed by atoms with van der Waals surface area (Å²) in [5.74, 6) is 2.26. The molecule has 3 heterocycles. The summed E-state index contributed by atoms with van der Waals surface area (Å²) < 4.78 is 7.67. The zero-order valence-corrected chi connectivity index (χ0v) is 18.9. The molecule has 2 aromatic heterocycles. The number of nitrogens with zero attached hydrogens (tertiary/aromatic N) is 5. The Hall–Kier alpha value is -2.84. The number of carbonyl (C=O) groups excluding carboxylic acids is 1. The minimum Gasteiger partial charge on any atom is -0.467 e. The number of hydrogen-bond acceptors (Lipinski definition) is 6. The van der Waals surface area contributed by atoms with Crippen molar-refractivity contribution in [2.24, 2.45) is 5.10 Å². The number of benzene rings is 1. The lowest BCUT2D eigenvalue weighted by Gasteiger charge is -2.19. The van der Waals surface area contributed by atoms with Crippen LogP contribution in [0.25, 0.3) is 0 Å². The van der Waals surface area contributed by atoms with E-state index in [9.17, 15) is 4.79 Å². The maximum absolute atomic E-state index is 13.2. The lowest BCUT2D eigenvalue weighted by molar-refractivity contribution is -0.130. The number of rotatable bonds is 8. The van der Waals surface area contributed by atoms with Crippen molar-refractivity contribution < 1.29 is 9.21 Å². The van der Waals surface area contributed by atoms with Gasteiger partial charge in [0.2, 0.25) is 0 Å². The van der Waals surface area contributed by atoms with E-state index >= 15 is 0 Å². The number of carbonyl (C=O) groups is 1. The zero-order valence-electron chi connectivity index (χ0n) is 17.4. The monoisotopic (exact) mass is 467 g/mol. The van der Waals surface area contributed by atoms with Crippen LogP contribution in [0.5, 0.6) is 0 Å². The molecule has 1 aliphatic carbocycles. The molecular formula is C23H22ClN5O2S. The number of thioether (sulfide) groups is 1. The van der Waals surface area contributed by atoms with Crippen LogP contribution >= 0.6 is 23.4 Å². The molecule has 9 heteroatoms. The summed E-state index contributed by atoms with van der Waals surface area (Å²) in [7, 11) is 0. The summed E-state index contributed by atoms with van der Waals surface area (Å²) in [6.45, 7) is 4.47. The van der Waals surface area contributed by atoms with Gasteiger partial charge < -0.3 is 8.98 Å². The highest BCUT2D eigenvalue weighted by molar-refractivity contribution is 7.99. The highest BCUT2D eigenvalue weighted by Gasteiger charge is 2.35. The van der Waals surface area contributed by atoms with Crippen molar-refractivity contribution in [3.05, 3.63) is 77.5 Å². The summed E-state index contributed by atoms with van der Waals surface area (Å²) in [5, 5.41) is 16.3. The molecule has 1 saturated carbocycles. The van der Waals surface area contributed by atoms with Gasteiger partial charge in [0, 0.05) is 23.9 Å². The van der Waals surface area contributed by atoms with E-state index in [0.29, 0.717) is 29.7 Å². The van der Waals surface area contributed by atoms with E-state index < -0.39 is 0 Å². The fourth-order valence-electron chi connectivity index (χ4n) is 3.80. The third-order valence-corrected chi connectivity index (χ3v) is 6.74. The van der Waals surface area contributed by atoms with Crippen LogP contribution in [0, 0.1) is 0 Å². The van der Waals surface area contributed by atoms with Crippen molar-refractivity contribution in [3.63, 3.8) is 0 Å². The van der Waals surface area contributed by atoms with Gasteiger partial charge in [0.15, 0.2) is 5.16 Å². The third kappa shape index (κ3) is 4.25. The van der Waals surface area contributed by atoms with E-state index in [1.807, 2.05) is 42.5 Å². The molecule has 164 valence electrons. The molecule has 1 aliphatic heterocycles. The molecule has 0 bridgehead atoms. The molecule has 1 atom stereocenters. The molecule has 7 nitrogen and oxygen atoms in total. The van der Waals surface area contributed by atoms with Gasteiger partial charge >= 0.3 is 0 Å². The van der Waals surface area contributed by atoms with Crippen molar-refractivity contribution in [2.45, 2.75) is 42.9 Å². The summed E-state index contributed by atoms with van der Waals surface area (Å²) >= 11 is 7.41. The third-order valence-electron chi connectivity index (χ3n) is 5.54. The second-order valence-corrected chi connectivity index (χ2v) is 9.21. The first kappa shape index (κ1) is 21.0. The summed E-state index contributed by atoms with van der Waals surface area (Å²) in [4.78, 5) is 13.2. The fourth-order valence-corrected chi connectivity index (χ4v) is 4.74. The first-order chi connectivity index (χ1) is 15.6. The molecule has 0 spiro atoms. The smallest absolute Gasteiger partial charge is 0.253 e. The van der Waals surface area contributed by atoms with Crippen LogP contribution in [-0.4, -0.2) is 37.1 Å². The van der Waals surface area contributed by atoms with Crippen LogP contribution in [0.4, 0.5) is 0 Å². The van der Waals surface area contributed by atoms with Crippen molar-refractivity contribution in [2.75, 3.05) is 5.75 Å². The average Bonchev–Trinajstić information content (AvgIpc) is 3.19. The SMILES string of the molecule is C=CCn1c(SCC(=O)N2N=C(c3ccc(Cl)cc3)CC2c2ccco2)nnc1C1CC1. The molecule has 1 amide bonds. The number of hydrazone groups is 1. The van der Waals surface area contributed by atoms with Gasteiger partial charge in [0.05, 0.1) is 17.7 Å². The Morgan fingerprint density at radius 2 is 2.06 bits per heavy atom. The van der Waals surface area contributed by atoms with E-state index in [1.165, 1.54) is 16.8 Å². The van der Waals surface area contributed by atoms with Gasteiger partial charge in [-0.3, -0.25) is 4.79 Å². The van der Waals surface area contributed by atoms with E-state index in [-0.39, 0.29) is 17.7 Å². The van der Waals surface area contributed by atoms with Crippen molar-refractivity contribution in [1.29, 1.82) is 0 Å². The molecule has 5 rings (SSSR count). The highest BCUT2D eigenvalue weighted by Crippen LogP contribution is 2.40. The Morgan fingerprint density at radius 1 is 1.25 bits per heavy atom. The fraction of sp³-hybridized carbons (Fsp3) is 0.304. The number of furan rings is 1. The minimum absolute atomic E-state index is 0.110. The van der Waals surface area contributed by atoms with Crippen molar-refractivity contribution in [1.82, 2.24) is 19.8 Å². The van der Waals surface area contributed by atoms with Crippen LogP contribution < -0.4 is 0 Å². The van der Waals surface area contributed by atoms with Gasteiger partial charge in [-0.25, -0.2) is 5.01 Å². The topological polar surface area (TPSA) is 76.5 Å². The molecule has 1 fully saturated rings. The molecule has 0 saturated heterocycles. The van der Waals surface area contributed by atoms with Crippen LogP contribution in [0.15, 0.2) is 70.0 Å².